The number of carboxylic acid groups (broad SMARTS) is 1. The number of nitrogens with zero attached hydrogens (tertiary/aromatic N) is 4. The molecule has 2 aliphatic heterocycles. The van der Waals surface area contributed by atoms with Crippen molar-refractivity contribution in [2.75, 3.05) is 33.3 Å². The van der Waals surface area contributed by atoms with Crippen LogP contribution in [0.1, 0.15) is 17.5 Å². The van der Waals surface area contributed by atoms with Gasteiger partial charge in [-0.15, -0.1) is 0 Å². The van der Waals surface area contributed by atoms with Crippen molar-refractivity contribution >= 4 is 17.9 Å². The minimum absolute atomic E-state index is 0.0133. The van der Waals surface area contributed by atoms with Crippen LogP contribution >= 0.6 is 0 Å². The van der Waals surface area contributed by atoms with E-state index in [2.05, 4.69) is 5.32 Å². The highest BCUT2D eigenvalue weighted by atomic mass is 19.1. The number of aliphatic hydroxyl groups is 1. The molecule has 1 unspecified atom stereocenters. The molecule has 3 amide bonds. The number of hydrogen-bond acceptors (Lipinski definition) is 7. The number of likely N-dealkylation sites (N-methyl/N-ethyl adjacent to an activating group) is 1. The van der Waals surface area contributed by atoms with Crippen LogP contribution in [0.3, 0.4) is 0 Å². The van der Waals surface area contributed by atoms with Crippen molar-refractivity contribution in [1.82, 2.24) is 25.1 Å². The van der Waals surface area contributed by atoms with Gasteiger partial charge in [0.2, 0.25) is 5.91 Å². The number of hydrazine groups is 1. The number of amides is 3. The summed E-state index contributed by atoms with van der Waals surface area (Å²) in [6.07, 6.45) is -2.46. The third-order valence-electron chi connectivity index (χ3n) is 6.66. The highest BCUT2D eigenvalue weighted by Crippen LogP contribution is 2.29. The summed E-state index contributed by atoms with van der Waals surface area (Å²) < 4.78 is 18.8. The normalized spacial score (nSPS) is 22.3. The van der Waals surface area contributed by atoms with E-state index in [1.807, 2.05) is 30.3 Å². The molecule has 2 saturated heterocycles. The predicted octanol–water partition coefficient (Wildman–Crippen LogP) is 1.05. The number of urea groups is 1. The van der Waals surface area contributed by atoms with Crippen LogP contribution < -0.4 is 5.32 Å². The van der Waals surface area contributed by atoms with Crippen LogP contribution in [0.5, 0.6) is 0 Å². The molecule has 0 radical (unpaired) electrons. The number of rotatable bonds is 9. The van der Waals surface area contributed by atoms with Gasteiger partial charge in [0.15, 0.2) is 0 Å². The largest absolute Gasteiger partial charge is 0.481 e. The number of fused-ring (bicyclic) bond motifs is 1. The van der Waals surface area contributed by atoms with E-state index in [-0.39, 0.29) is 45.2 Å². The zero-order chi connectivity index (χ0) is 27.2. The molecular weight excluding hydrogens is 497 g/mol. The molecule has 11 nitrogen and oxygen atoms in total. The Hall–Kier alpha value is -3.58. The average molecular weight is 530 g/mol. The first-order valence-electron chi connectivity index (χ1n) is 12.3. The summed E-state index contributed by atoms with van der Waals surface area (Å²) in [7, 11) is 1.65. The number of aliphatic hydroxyl groups excluding tert-OH is 1. The summed E-state index contributed by atoms with van der Waals surface area (Å²) in [6.45, 7) is 0.853. The number of halogens is 1. The van der Waals surface area contributed by atoms with Gasteiger partial charge in [-0.1, -0.05) is 42.5 Å². The fraction of sp³-hybridized carbons (Fsp3) is 0.423. The lowest BCUT2D eigenvalue weighted by Gasteiger charge is -2.56. The Kier molecular flexibility index (Phi) is 8.89. The fourth-order valence-electron chi connectivity index (χ4n) is 4.83. The zero-order valence-corrected chi connectivity index (χ0v) is 21.1. The third-order valence-corrected chi connectivity index (χ3v) is 6.66. The Bertz CT molecular complexity index is 1120. The average Bonchev–Trinajstić information content (AvgIpc) is 2.88. The summed E-state index contributed by atoms with van der Waals surface area (Å²) in [5.74, 6) is -2.00. The maximum Gasteiger partial charge on any atom is 0.333 e. The second-order valence-electron chi connectivity index (χ2n) is 9.31. The van der Waals surface area contributed by atoms with Gasteiger partial charge in [-0.25, -0.2) is 24.1 Å². The van der Waals surface area contributed by atoms with E-state index >= 15 is 0 Å². The second kappa shape index (κ2) is 12.3. The fourth-order valence-corrected chi connectivity index (χ4v) is 4.83. The molecule has 2 aromatic carbocycles. The molecule has 2 aromatic rings. The number of hydrogen-bond donors (Lipinski definition) is 3. The van der Waals surface area contributed by atoms with Gasteiger partial charge in [-0.3, -0.25) is 9.59 Å². The van der Waals surface area contributed by atoms with Gasteiger partial charge in [0.05, 0.1) is 32.7 Å². The van der Waals surface area contributed by atoms with Gasteiger partial charge in [0.25, 0.3) is 0 Å². The number of ether oxygens (including phenoxy) is 1. The van der Waals surface area contributed by atoms with Crippen LogP contribution in [0.15, 0.2) is 54.6 Å². The number of carboxylic acids is 1. The molecular formula is C26H32FN5O6. The maximum atomic E-state index is 13.3. The van der Waals surface area contributed by atoms with Crippen LogP contribution in [0, 0.1) is 5.82 Å². The number of aliphatic carboxylic acids is 1. The minimum atomic E-state index is -1.19. The molecule has 2 aliphatic rings. The molecule has 0 spiro atoms. The van der Waals surface area contributed by atoms with Crippen LogP contribution in [-0.2, 0) is 27.5 Å². The third kappa shape index (κ3) is 6.45. The van der Waals surface area contributed by atoms with E-state index in [0.29, 0.717) is 0 Å². The monoisotopic (exact) mass is 529 g/mol. The molecule has 2 fully saturated rings. The molecule has 3 N–H and O–H groups in total. The number of carbonyl (C=O) groups is 3. The summed E-state index contributed by atoms with van der Waals surface area (Å²) in [4.78, 5) is 41.1. The molecule has 204 valence electrons. The first-order valence-corrected chi connectivity index (χ1v) is 12.3. The molecule has 0 saturated carbocycles. The van der Waals surface area contributed by atoms with Gasteiger partial charge in [-0.05, 0) is 23.3 Å². The van der Waals surface area contributed by atoms with E-state index in [4.69, 9.17) is 4.74 Å². The molecule has 12 heteroatoms. The SMILES string of the molecule is CN1CC(O)N2[C@@H](CC(=O)O)C(=O)N(CCOCc3ccc(F)cc3)C[C@@H]2N1C(=O)NCc1ccccc1. The Balaban J connectivity index is 1.47. The highest BCUT2D eigenvalue weighted by Gasteiger charge is 2.51. The molecule has 0 aromatic heterocycles. The predicted molar refractivity (Wildman–Crippen MR) is 133 cm³/mol. The zero-order valence-electron chi connectivity index (χ0n) is 21.1. The topological polar surface area (TPSA) is 126 Å². The Labute approximate surface area is 219 Å². The van der Waals surface area contributed by atoms with Gasteiger partial charge in [-0.2, -0.15) is 0 Å². The molecule has 3 atom stereocenters. The lowest BCUT2D eigenvalue weighted by molar-refractivity contribution is -0.224. The van der Waals surface area contributed by atoms with E-state index < -0.39 is 42.8 Å². The van der Waals surface area contributed by atoms with E-state index in [1.54, 1.807) is 24.2 Å². The summed E-state index contributed by atoms with van der Waals surface area (Å²) in [5.41, 5.74) is 1.67. The lowest BCUT2D eigenvalue weighted by atomic mass is 10.0. The standard InChI is InChI=1S/C26H32FN5O6/c1-29-16-23(33)31-21(13-24(34)35)25(36)30(11-12-38-17-19-7-9-20(27)10-8-19)15-22(31)32(29)26(37)28-14-18-5-3-2-4-6-18/h2-10,21-23,33H,11-17H2,1H3,(H,28,37)(H,34,35)/t21-,22-,23?/m0/s1. The van der Waals surface area contributed by atoms with Gasteiger partial charge < -0.3 is 25.2 Å². The van der Waals surface area contributed by atoms with Crippen LogP contribution in [0.4, 0.5) is 9.18 Å². The van der Waals surface area contributed by atoms with Gasteiger partial charge in [0, 0.05) is 20.1 Å². The van der Waals surface area contributed by atoms with Crippen molar-refractivity contribution in [3.63, 3.8) is 0 Å². The first-order chi connectivity index (χ1) is 18.2. The highest BCUT2D eigenvalue weighted by molar-refractivity contribution is 5.87. The Morgan fingerprint density at radius 3 is 2.47 bits per heavy atom. The van der Waals surface area contributed by atoms with Crippen molar-refractivity contribution < 1.29 is 33.7 Å². The van der Waals surface area contributed by atoms with Crippen molar-refractivity contribution in [2.45, 2.75) is 38.0 Å². The Morgan fingerprint density at radius 2 is 1.79 bits per heavy atom. The summed E-state index contributed by atoms with van der Waals surface area (Å²) in [5, 5.41) is 26.2. The smallest absolute Gasteiger partial charge is 0.333 e. The summed E-state index contributed by atoms with van der Waals surface area (Å²) in [6, 6.07) is 13.7. The number of piperazine rings is 1. The molecule has 0 bridgehead atoms. The van der Waals surface area contributed by atoms with Crippen molar-refractivity contribution in [1.29, 1.82) is 0 Å². The first kappa shape index (κ1) is 27.5. The van der Waals surface area contributed by atoms with E-state index in [0.717, 1.165) is 11.1 Å². The van der Waals surface area contributed by atoms with Crippen LogP contribution in [0.2, 0.25) is 0 Å². The van der Waals surface area contributed by atoms with Crippen LogP contribution in [0.25, 0.3) is 0 Å². The molecule has 38 heavy (non-hydrogen) atoms. The molecule has 0 aliphatic carbocycles. The Morgan fingerprint density at radius 1 is 1.08 bits per heavy atom. The summed E-state index contributed by atoms with van der Waals surface area (Å²) >= 11 is 0. The quantitative estimate of drug-likeness (QED) is 0.412. The maximum absolute atomic E-state index is 13.3. The lowest BCUT2D eigenvalue weighted by Crippen LogP contribution is -2.77. The number of β-amino-alcohol motifs (C(OH)–C–C–N with tert-alkyl or cyclic N) is 1. The molecule has 2 heterocycles. The minimum Gasteiger partial charge on any atom is -0.481 e. The van der Waals surface area contributed by atoms with Gasteiger partial charge in [0.1, 0.15) is 24.3 Å². The number of carbonyl (C=O) groups excluding carboxylic acids is 2. The second-order valence-corrected chi connectivity index (χ2v) is 9.31. The molecule has 4 rings (SSSR count). The van der Waals surface area contributed by atoms with E-state index in [9.17, 15) is 29.0 Å². The van der Waals surface area contributed by atoms with E-state index in [1.165, 1.54) is 26.9 Å². The number of nitrogens with one attached hydrogen (secondary N) is 1. The van der Waals surface area contributed by atoms with Crippen molar-refractivity contribution in [3.05, 3.63) is 71.5 Å². The van der Waals surface area contributed by atoms with Crippen molar-refractivity contribution in [2.24, 2.45) is 0 Å². The van der Waals surface area contributed by atoms with Crippen molar-refractivity contribution in [3.8, 4) is 0 Å². The van der Waals surface area contributed by atoms with Crippen LogP contribution in [-0.4, -0.2) is 99.7 Å². The van der Waals surface area contributed by atoms with Gasteiger partial charge >= 0.3 is 12.0 Å². The number of benzene rings is 2.